The summed E-state index contributed by atoms with van der Waals surface area (Å²) in [5.74, 6) is -0.884. The Bertz CT molecular complexity index is 1820. The van der Waals surface area contributed by atoms with Crippen LogP contribution in [-0.4, -0.2) is 24.0 Å². The minimum Gasteiger partial charge on any atom is -0.426 e. The third-order valence-corrected chi connectivity index (χ3v) is 8.30. The Labute approximate surface area is 259 Å². The number of hydrogen-bond acceptors (Lipinski definition) is 6. The van der Waals surface area contributed by atoms with Gasteiger partial charge in [0.05, 0.1) is 17.7 Å². The molecule has 0 spiro atoms. The summed E-state index contributed by atoms with van der Waals surface area (Å²) in [6.45, 7) is 1.98. The summed E-state index contributed by atoms with van der Waals surface area (Å²) in [4.78, 5) is 38.4. The van der Waals surface area contributed by atoms with Crippen LogP contribution in [-0.2, 0) is 11.2 Å². The van der Waals surface area contributed by atoms with Gasteiger partial charge in [-0.25, -0.2) is 5.43 Å². The lowest BCUT2D eigenvalue weighted by atomic mass is 10.1. The first-order chi connectivity index (χ1) is 20.3. The molecule has 0 fully saturated rings. The number of fused-ring (bicyclic) bond motifs is 1. The van der Waals surface area contributed by atoms with Gasteiger partial charge in [0.2, 0.25) is 0 Å². The van der Waals surface area contributed by atoms with Crippen molar-refractivity contribution in [2.24, 2.45) is 5.10 Å². The highest BCUT2D eigenvalue weighted by Gasteiger charge is 2.18. The first-order valence-electron chi connectivity index (χ1n) is 12.7. The van der Waals surface area contributed by atoms with Crippen molar-refractivity contribution in [2.75, 3.05) is 5.32 Å². The van der Waals surface area contributed by atoms with Gasteiger partial charge in [0.1, 0.15) is 10.6 Å². The lowest BCUT2D eigenvalue weighted by Crippen LogP contribution is -2.18. The summed E-state index contributed by atoms with van der Waals surface area (Å²) < 4.78 is 7.24. The number of nitrogens with zero attached hydrogens (tertiary/aromatic N) is 1. The van der Waals surface area contributed by atoms with Gasteiger partial charge < -0.3 is 10.1 Å². The zero-order valence-electron chi connectivity index (χ0n) is 22.2. The van der Waals surface area contributed by atoms with E-state index < -0.39 is 11.9 Å². The van der Waals surface area contributed by atoms with E-state index in [0.717, 1.165) is 25.7 Å². The first-order valence-corrected chi connectivity index (χ1v) is 14.7. The van der Waals surface area contributed by atoms with Crippen molar-refractivity contribution >= 4 is 78.6 Å². The molecule has 0 saturated carbocycles. The number of rotatable bonds is 8. The smallest absolute Gasteiger partial charge is 0.315 e. The largest absolute Gasteiger partial charge is 0.426 e. The summed E-state index contributed by atoms with van der Waals surface area (Å²) in [7, 11) is 0. The third kappa shape index (κ3) is 7.12. The summed E-state index contributed by atoms with van der Waals surface area (Å²) in [6.07, 6.45) is 1.52. The van der Waals surface area contributed by atoms with Crippen molar-refractivity contribution in [2.45, 2.75) is 13.3 Å². The molecule has 0 saturated heterocycles. The zero-order chi connectivity index (χ0) is 29.6. The Kier molecular flexibility index (Phi) is 9.12. The van der Waals surface area contributed by atoms with Crippen molar-refractivity contribution in [1.82, 2.24) is 5.43 Å². The minimum absolute atomic E-state index is 0.123. The monoisotopic (exact) mass is 659 g/mol. The number of aryl methyl sites for hydroxylation is 1. The van der Waals surface area contributed by atoms with E-state index >= 15 is 0 Å². The summed E-state index contributed by atoms with van der Waals surface area (Å²) >= 11 is 11.2. The van der Waals surface area contributed by atoms with Crippen molar-refractivity contribution in [3.8, 4) is 5.75 Å². The molecule has 1 heterocycles. The van der Waals surface area contributed by atoms with E-state index in [9.17, 15) is 14.4 Å². The van der Waals surface area contributed by atoms with Crippen LogP contribution in [0.5, 0.6) is 5.75 Å². The van der Waals surface area contributed by atoms with Crippen LogP contribution in [0.25, 0.3) is 10.1 Å². The molecule has 7 nitrogen and oxygen atoms in total. The first kappa shape index (κ1) is 29.2. The van der Waals surface area contributed by atoms with Crippen LogP contribution < -0.4 is 15.5 Å². The van der Waals surface area contributed by atoms with Gasteiger partial charge in [-0.3, -0.25) is 14.4 Å². The standard InChI is InChI=1S/C32H23BrClN3O4S/c1-19-7-13-25-27(15-19)42-30(29(25)34)32(40)36-24-11-8-21(9-12-24)31(39)37-35-18-22-17-23(33)10-14-26(22)41-28(38)16-20-5-3-2-4-6-20/h2-15,17-18H,16H2,1H3,(H,36,40)(H,37,39)/b35-18-. The van der Waals surface area contributed by atoms with Gasteiger partial charge >= 0.3 is 5.97 Å². The van der Waals surface area contributed by atoms with Crippen molar-refractivity contribution in [3.63, 3.8) is 0 Å². The van der Waals surface area contributed by atoms with Crippen molar-refractivity contribution in [1.29, 1.82) is 0 Å². The van der Waals surface area contributed by atoms with Gasteiger partial charge in [-0.15, -0.1) is 11.3 Å². The van der Waals surface area contributed by atoms with E-state index in [4.69, 9.17) is 16.3 Å². The van der Waals surface area contributed by atoms with E-state index in [1.807, 2.05) is 55.5 Å². The molecule has 1 aromatic heterocycles. The van der Waals surface area contributed by atoms with Crippen LogP contribution in [0.3, 0.4) is 0 Å². The van der Waals surface area contributed by atoms with Gasteiger partial charge in [-0.2, -0.15) is 5.10 Å². The number of nitrogens with one attached hydrogen (secondary N) is 2. The average Bonchev–Trinajstić information content (AvgIpc) is 3.30. The quantitative estimate of drug-likeness (QED) is 0.0769. The second-order valence-corrected chi connectivity index (χ2v) is 11.6. The summed E-state index contributed by atoms with van der Waals surface area (Å²) in [5, 5.41) is 8.12. The molecule has 5 aromatic rings. The van der Waals surface area contributed by atoms with E-state index in [1.165, 1.54) is 17.6 Å². The lowest BCUT2D eigenvalue weighted by Gasteiger charge is -2.08. The number of halogens is 2. The SMILES string of the molecule is Cc1ccc2c(Cl)c(C(=O)Nc3ccc(C(=O)N/N=C\c4cc(Br)ccc4OC(=O)Cc4ccccc4)cc3)sc2c1. The number of hydrogen-bond donors (Lipinski definition) is 2. The number of benzene rings is 4. The number of amides is 2. The molecular formula is C32H23BrClN3O4S. The molecule has 2 N–H and O–H groups in total. The van der Waals surface area contributed by atoms with E-state index in [0.29, 0.717) is 32.5 Å². The molecule has 0 aliphatic heterocycles. The number of thiophene rings is 1. The molecule has 0 aliphatic rings. The van der Waals surface area contributed by atoms with Gasteiger partial charge in [0.15, 0.2) is 0 Å². The Morgan fingerprint density at radius 2 is 1.71 bits per heavy atom. The fourth-order valence-corrected chi connectivity index (χ4v) is 5.96. The molecule has 10 heteroatoms. The molecule has 2 amide bonds. The van der Waals surface area contributed by atoms with Crippen LogP contribution in [0.15, 0.2) is 101 Å². The predicted molar refractivity (Wildman–Crippen MR) is 171 cm³/mol. The Morgan fingerprint density at radius 1 is 0.952 bits per heavy atom. The van der Waals surface area contributed by atoms with E-state index in [1.54, 1.807) is 42.5 Å². The third-order valence-electron chi connectivity index (χ3n) is 6.15. The highest BCUT2D eigenvalue weighted by Crippen LogP contribution is 2.36. The van der Waals surface area contributed by atoms with Crippen LogP contribution in [0.4, 0.5) is 5.69 Å². The van der Waals surface area contributed by atoms with Crippen LogP contribution >= 0.6 is 38.9 Å². The predicted octanol–water partition coefficient (Wildman–Crippen LogP) is 7.79. The molecule has 42 heavy (non-hydrogen) atoms. The Balaban J connectivity index is 1.20. The number of esters is 1. The van der Waals surface area contributed by atoms with Gasteiger partial charge in [-0.1, -0.05) is 70.0 Å². The minimum atomic E-state index is -0.454. The van der Waals surface area contributed by atoms with Gasteiger partial charge in [0.25, 0.3) is 11.8 Å². The topological polar surface area (TPSA) is 96.9 Å². The highest BCUT2D eigenvalue weighted by atomic mass is 79.9. The van der Waals surface area contributed by atoms with Crippen molar-refractivity contribution in [3.05, 3.63) is 128 Å². The fourth-order valence-electron chi connectivity index (χ4n) is 4.07. The van der Waals surface area contributed by atoms with Crippen LogP contribution in [0.1, 0.15) is 36.7 Å². The molecule has 210 valence electrons. The molecule has 0 radical (unpaired) electrons. The number of anilines is 1. The maximum Gasteiger partial charge on any atom is 0.315 e. The van der Waals surface area contributed by atoms with Crippen molar-refractivity contribution < 1.29 is 19.1 Å². The lowest BCUT2D eigenvalue weighted by molar-refractivity contribution is -0.133. The van der Waals surface area contributed by atoms with Crippen LogP contribution in [0.2, 0.25) is 5.02 Å². The molecular weight excluding hydrogens is 638 g/mol. The second kappa shape index (κ2) is 13.1. The van der Waals surface area contributed by atoms with E-state index in [-0.39, 0.29) is 12.3 Å². The Hall–Kier alpha value is -4.31. The zero-order valence-corrected chi connectivity index (χ0v) is 25.3. The number of hydrazone groups is 1. The maximum absolute atomic E-state index is 12.9. The van der Waals surface area contributed by atoms with Crippen LogP contribution in [0, 0.1) is 6.92 Å². The van der Waals surface area contributed by atoms with E-state index in [2.05, 4.69) is 31.8 Å². The summed E-state index contributed by atoms with van der Waals surface area (Å²) in [6, 6.07) is 26.7. The number of carbonyl (C=O) groups excluding carboxylic acids is 3. The maximum atomic E-state index is 12.9. The Morgan fingerprint density at radius 3 is 2.48 bits per heavy atom. The second-order valence-electron chi connectivity index (χ2n) is 9.29. The number of carbonyl (C=O) groups is 3. The molecule has 0 aliphatic carbocycles. The van der Waals surface area contributed by atoms with Gasteiger partial charge in [-0.05, 0) is 66.6 Å². The molecule has 5 rings (SSSR count). The highest BCUT2D eigenvalue weighted by molar-refractivity contribution is 9.10. The summed E-state index contributed by atoms with van der Waals surface area (Å²) in [5.41, 5.74) is 5.75. The number of ether oxygens (including phenoxy) is 1. The molecule has 0 bridgehead atoms. The van der Waals surface area contributed by atoms with Gasteiger partial charge in [0, 0.05) is 31.4 Å². The normalized spacial score (nSPS) is 11.0. The molecule has 0 atom stereocenters. The fraction of sp³-hybridized carbons (Fsp3) is 0.0625. The molecule has 0 unspecified atom stereocenters. The average molecular weight is 661 g/mol. The molecule has 4 aromatic carbocycles.